The molecule has 1 amide bonds. The number of amides is 1. The second kappa shape index (κ2) is 6.10. The third-order valence-electron chi connectivity index (χ3n) is 2.85. The molecule has 0 aliphatic heterocycles. The van der Waals surface area contributed by atoms with E-state index < -0.39 is 24.9 Å². The minimum absolute atomic E-state index is 0.362. The second-order valence-corrected chi connectivity index (χ2v) is 4.51. The Balaban J connectivity index is 2.83. The zero-order chi connectivity index (χ0) is 14.6. The normalized spacial score (nSPS) is 11.7. The van der Waals surface area contributed by atoms with Crippen molar-refractivity contribution in [1.29, 1.82) is 0 Å². The molecule has 0 saturated carbocycles. The van der Waals surface area contributed by atoms with Crippen molar-refractivity contribution in [3.8, 4) is 0 Å². The van der Waals surface area contributed by atoms with E-state index in [2.05, 4.69) is 10.4 Å². The van der Waals surface area contributed by atoms with E-state index in [1.165, 1.54) is 0 Å². The number of nitrogens with one attached hydrogen (secondary N) is 1. The summed E-state index contributed by atoms with van der Waals surface area (Å²) >= 11 is 0. The van der Waals surface area contributed by atoms with Crippen LogP contribution in [0.4, 0.5) is 8.78 Å². The summed E-state index contributed by atoms with van der Waals surface area (Å²) in [6.45, 7) is 4.58. The average Bonchev–Trinajstić information content (AvgIpc) is 2.62. The highest BCUT2D eigenvalue weighted by Crippen LogP contribution is 2.14. The highest BCUT2D eigenvalue weighted by atomic mass is 19.3. The molecule has 0 unspecified atom stereocenters. The van der Waals surface area contributed by atoms with E-state index >= 15 is 0 Å². The summed E-state index contributed by atoms with van der Waals surface area (Å²) in [5, 5.41) is 6.43. The van der Waals surface area contributed by atoms with Gasteiger partial charge in [-0.2, -0.15) is 5.10 Å². The first-order chi connectivity index (χ1) is 8.82. The molecule has 1 aromatic rings. The fourth-order valence-corrected chi connectivity index (χ4v) is 1.83. The molecule has 0 atom stereocenters. The van der Waals surface area contributed by atoms with Crippen LogP contribution in [0.5, 0.6) is 0 Å². The first-order valence-corrected chi connectivity index (χ1v) is 6.22. The number of carbonyl (C=O) groups is 1. The summed E-state index contributed by atoms with van der Waals surface area (Å²) in [4.78, 5) is 11.9. The molecule has 1 heterocycles. The molecule has 5 nitrogen and oxygen atoms in total. The highest BCUT2D eigenvalue weighted by Gasteiger charge is 2.28. The van der Waals surface area contributed by atoms with Crippen molar-refractivity contribution >= 4 is 5.91 Å². The Bertz CT molecular complexity index is 457. The van der Waals surface area contributed by atoms with Gasteiger partial charge in [0, 0.05) is 12.2 Å². The Hall–Kier alpha value is -1.50. The average molecular weight is 274 g/mol. The maximum atomic E-state index is 13.0. The number of nitrogens with two attached hydrogens (primary N) is 1. The molecule has 19 heavy (non-hydrogen) atoms. The van der Waals surface area contributed by atoms with Gasteiger partial charge >= 0.3 is 0 Å². The molecule has 108 valence electrons. The van der Waals surface area contributed by atoms with Crippen molar-refractivity contribution in [1.82, 2.24) is 15.1 Å². The summed E-state index contributed by atoms with van der Waals surface area (Å²) in [5.41, 5.74) is 6.51. The summed E-state index contributed by atoms with van der Waals surface area (Å²) in [7, 11) is 0. The molecule has 1 rings (SSSR count). The zero-order valence-electron chi connectivity index (χ0n) is 11.5. The number of aromatic nitrogens is 2. The first kappa shape index (κ1) is 15.6. The lowest BCUT2D eigenvalue weighted by Crippen LogP contribution is -2.41. The van der Waals surface area contributed by atoms with Crippen LogP contribution in [-0.4, -0.2) is 34.7 Å². The van der Waals surface area contributed by atoms with Gasteiger partial charge in [-0.1, -0.05) is 6.92 Å². The largest absolute Gasteiger partial charge is 0.346 e. The Kier molecular flexibility index (Phi) is 4.99. The molecule has 7 heteroatoms. The number of carbonyl (C=O) groups excluding carboxylic acids is 1. The summed E-state index contributed by atoms with van der Waals surface area (Å²) in [5.74, 6) is -3.62. The van der Waals surface area contributed by atoms with Gasteiger partial charge in [-0.05, 0) is 20.3 Å². The van der Waals surface area contributed by atoms with E-state index in [1.807, 2.05) is 6.92 Å². The topological polar surface area (TPSA) is 72.9 Å². The highest BCUT2D eigenvalue weighted by molar-refractivity contribution is 5.96. The first-order valence-electron chi connectivity index (χ1n) is 6.22. The molecular formula is C12H20F2N4O. The predicted octanol–water partition coefficient (Wildman–Crippen LogP) is 1.23. The van der Waals surface area contributed by atoms with Gasteiger partial charge in [-0.3, -0.25) is 9.48 Å². The Labute approximate surface area is 111 Å². The minimum atomic E-state index is -3.09. The third kappa shape index (κ3) is 3.73. The van der Waals surface area contributed by atoms with Crippen LogP contribution in [0.25, 0.3) is 0 Å². The monoisotopic (exact) mass is 274 g/mol. The van der Waals surface area contributed by atoms with Gasteiger partial charge in [0.25, 0.3) is 11.8 Å². The fourth-order valence-electron chi connectivity index (χ4n) is 1.83. The number of hydrogen-bond donors (Lipinski definition) is 2. The molecule has 0 aromatic carbocycles. The van der Waals surface area contributed by atoms with Crippen LogP contribution in [-0.2, 0) is 6.54 Å². The quantitative estimate of drug-likeness (QED) is 0.819. The zero-order valence-corrected chi connectivity index (χ0v) is 11.5. The van der Waals surface area contributed by atoms with Gasteiger partial charge < -0.3 is 11.1 Å². The lowest BCUT2D eigenvalue weighted by Gasteiger charge is -2.14. The van der Waals surface area contributed by atoms with Crippen LogP contribution in [0.3, 0.4) is 0 Å². The number of nitrogens with zero attached hydrogens (tertiary/aromatic N) is 2. The molecule has 3 N–H and O–H groups in total. The maximum absolute atomic E-state index is 13.0. The van der Waals surface area contributed by atoms with Gasteiger partial charge in [-0.25, -0.2) is 8.78 Å². The molecule has 0 aliphatic rings. The lowest BCUT2D eigenvalue weighted by atomic mass is 10.2. The standard InChI is InChI=1S/C12H20F2N4O/c1-4-5-18-9(3)10(8(2)17-18)11(19)16-7-12(13,14)6-15/h4-7,15H2,1-3H3,(H,16,19). The van der Waals surface area contributed by atoms with Crippen LogP contribution < -0.4 is 11.1 Å². The Morgan fingerprint density at radius 3 is 2.63 bits per heavy atom. The van der Waals surface area contributed by atoms with Gasteiger partial charge in [0.1, 0.15) is 0 Å². The van der Waals surface area contributed by atoms with Gasteiger partial charge in [0.15, 0.2) is 0 Å². The Morgan fingerprint density at radius 1 is 1.47 bits per heavy atom. The van der Waals surface area contributed by atoms with Crippen LogP contribution in [0.2, 0.25) is 0 Å². The molecule has 0 spiro atoms. The smallest absolute Gasteiger partial charge is 0.277 e. The minimum Gasteiger partial charge on any atom is -0.346 e. The summed E-state index contributed by atoms with van der Waals surface area (Å²) < 4.78 is 27.7. The third-order valence-corrected chi connectivity index (χ3v) is 2.85. The van der Waals surface area contributed by atoms with Crippen molar-refractivity contribution in [3.63, 3.8) is 0 Å². The van der Waals surface area contributed by atoms with Crippen LogP contribution in [0.1, 0.15) is 35.1 Å². The number of alkyl halides is 2. The van der Waals surface area contributed by atoms with Crippen molar-refractivity contribution in [2.75, 3.05) is 13.1 Å². The second-order valence-electron chi connectivity index (χ2n) is 4.51. The molecule has 1 aromatic heterocycles. The number of halogens is 2. The van der Waals surface area contributed by atoms with E-state index in [0.29, 0.717) is 23.5 Å². The van der Waals surface area contributed by atoms with Crippen molar-refractivity contribution in [2.45, 2.75) is 39.7 Å². The van der Waals surface area contributed by atoms with Gasteiger partial charge in [-0.15, -0.1) is 0 Å². The van der Waals surface area contributed by atoms with Crippen molar-refractivity contribution in [3.05, 3.63) is 17.0 Å². The van der Waals surface area contributed by atoms with Crippen molar-refractivity contribution < 1.29 is 13.6 Å². The van der Waals surface area contributed by atoms with Crippen LogP contribution in [0, 0.1) is 13.8 Å². The van der Waals surface area contributed by atoms with E-state index in [0.717, 1.165) is 6.42 Å². The number of aryl methyl sites for hydroxylation is 2. The van der Waals surface area contributed by atoms with Gasteiger partial charge in [0.05, 0.1) is 24.3 Å². The fraction of sp³-hybridized carbons (Fsp3) is 0.667. The molecular weight excluding hydrogens is 254 g/mol. The molecule has 0 aliphatic carbocycles. The molecule has 0 bridgehead atoms. The summed E-state index contributed by atoms with van der Waals surface area (Å²) in [6, 6.07) is 0. The number of rotatable bonds is 6. The van der Waals surface area contributed by atoms with E-state index in [1.54, 1.807) is 18.5 Å². The van der Waals surface area contributed by atoms with E-state index in [4.69, 9.17) is 5.73 Å². The van der Waals surface area contributed by atoms with E-state index in [-0.39, 0.29) is 0 Å². The van der Waals surface area contributed by atoms with E-state index in [9.17, 15) is 13.6 Å². The predicted molar refractivity (Wildman–Crippen MR) is 68.3 cm³/mol. The SMILES string of the molecule is CCCn1nc(C)c(C(=O)NCC(F)(F)CN)c1C. The molecule has 0 saturated heterocycles. The molecule has 0 radical (unpaired) electrons. The molecule has 0 fully saturated rings. The number of hydrogen-bond acceptors (Lipinski definition) is 3. The van der Waals surface area contributed by atoms with Crippen molar-refractivity contribution in [2.24, 2.45) is 5.73 Å². The summed E-state index contributed by atoms with van der Waals surface area (Å²) in [6.07, 6.45) is 0.883. The lowest BCUT2D eigenvalue weighted by molar-refractivity contribution is 0.0118. The van der Waals surface area contributed by atoms with Crippen LogP contribution in [0.15, 0.2) is 0 Å². The Morgan fingerprint density at radius 2 is 2.11 bits per heavy atom. The maximum Gasteiger partial charge on any atom is 0.277 e. The van der Waals surface area contributed by atoms with Gasteiger partial charge in [0.2, 0.25) is 0 Å². The van der Waals surface area contributed by atoms with Crippen LogP contribution >= 0.6 is 0 Å².